The molecule has 0 aromatic heterocycles. The molecule has 1 rings (SSSR count). The summed E-state index contributed by atoms with van der Waals surface area (Å²) in [5, 5.41) is 11.2. The summed E-state index contributed by atoms with van der Waals surface area (Å²) >= 11 is 0. The minimum absolute atomic E-state index is 0.0615. The summed E-state index contributed by atoms with van der Waals surface area (Å²) in [6, 6.07) is -0.352. The molecule has 5 nitrogen and oxygen atoms in total. The van der Waals surface area contributed by atoms with Gasteiger partial charge < -0.3 is 15.2 Å². The van der Waals surface area contributed by atoms with Gasteiger partial charge in [-0.25, -0.2) is 0 Å². The van der Waals surface area contributed by atoms with E-state index in [2.05, 4.69) is 5.32 Å². The number of carbonyl (C=O) groups excluding carboxylic acids is 1. The Hall–Kier alpha value is -1.10. The maximum Gasteiger partial charge on any atom is 0.305 e. The van der Waals surface area contributed by atoms with E-state index in [1.807, 2.05) is 6.92 Å². The molecule has 0 aromatic carbocycles. The Morgan fingerprint density at radius 3 is 2.67 bits per heavy atom. The Bertz CT molecular complexity index is 254. The fraction of sp³-hybridized carbons (Fsp3) is 0.800. The van der Waals surface area contributed by atoms with Crippen LogP contribution in [0.1, 0.15) is 33.1 Å². The number of hydrogen-bond acceptors (Lipinski definition) is 3. The van der Waals surface area contributed by atoms with Crippen molar-refractivity contribution in [1.82, 2.24) is 5.32 Å². The molecule has 2 N–H and O–H groups in total. The van der Waals surface area contributed by atoms with Crippen LogP contribution in [0.5, 0.6) is 0 Å². The Kier molecular flexibility index (Phi) is 4.08. The number of hydrogen-bond donors (Lipinski definition) is 2. The van der Waals surface area contributed by atoms with Gasteiger partial charge in [0.05, 0.1) is 12.5 Å². The Morgan fingerprint density at radius 2 is 2.20 bits per heavy atom. The second-order valence-electron chi connectivity index (χ2n) is 4.02. The van der Waals surface area contributed by atoms with E-state index in [0.29, 0.717) is 6.42 Å². The molecule has 1 aliphatic rings. The maximum atomic E-state index is 11.6. The zero-order valence-corrected chi connectivity index (χ0v) is 9.03. The lowest BCUT2D eigenvalue weighted by Gasteiger charge is -2.15. The van der Waals surface area contributed by atoms with Gasteiger partial charge in [-0.2, -0.15) is 0 Å². The molecule has 1 fully saturated rings. The third-order valence-electron chi connectivity index (χ3n) is 2.39. The molecule has 3 unspecified atom stereocenters. The number of carbonyl (C=O) groups is 2. The van der Waals surface area contributed by atoms with E-state index in [1.165, 1.54) is 0 Å². The molecule has 0 bridgehead atoms. The van der Waals surface area contributed by atoms with Crippen LogP contribution in [0.2, 0.25) is 0 Å². The Labute approximate surface area is 88.8 Å². The lowest BCUT2D eigenvalue weighted by Crippen LogP contribution is -2.40. The number of carboxylic acids is 1. The van der Waals surface area contributed by atoms with Crippen LogP contribution in [0, 0.1) is 0 Å². The molecule has 5 heteroatoms. The van der Waals surface area contributed by atoms with Gasteiger partial charge in [0.1, 0.15) is 6.10 Å². The van der Waals surface area contributed by atoms with Gasteiger partial charge in [-0.3, -0.25) is 9.59 Å². The lowest BCUT2D eigenvalue weighted by atomic mass is 10.2. The summed E-state index contributed by atoms with van der Waals surface area (Å²) < 4.78 is 5.37. The van der Waals surface area contributed by atoms with Gasteiger partial charge in [0.25, 0.3) is 0 Å². The largest absolute Gasteiger partial charge is 0.481 e. The maximum absolute atomic E-state index is 11.6. The first-order valence-electron chi connectivity index (χ1n) is 5.16. The lowest BCUT2D eigenvalue weighted by molar-refractivity contribution is -0.138. The summed E-state index contributed by atoms with van der Waals surface area (Å²) in [5.74, 6) is -1.11. The zero-order valence-electron chi connectivity index (χ0n) is 9.03. The molecule has 1 heterocycles. The zero-order chi connectivity index (χ0) is 11.4. The van der Waals surface area contributed by atoms with E-state index >= 15 is 0 Å². The van der Waals surface area contributed by atoms with Gasteiger partial charge in [0.2, 0.25) is 5.91 Å². The van der Waals surface area contributed by atoms with Crippen LogP contribution in [0.3, 0.4) is 0 Å². The first-order valence-corrected chi connectivity index (χ1v) is 5.16. The highest BCUT2D eigenvalue weighted by Crippen LogP contribution is 2.19. The van der Waals surface area contributed by atoms with Crippen LogP contribution in [-0.2, 0) is 14.3 Å². The van der Waals surface area contributed by atoms with Crippen LogP contribution < -0.4 is 5.32 Å². The van der Waals surface area contributed by atoms with E-state index in [1.54, 1.807) is 6.92 Å². The number of rotatable bonds is 4. The summed E-state index contributed by atoms with van der Waals surface area (Å²) in [6.45, 7) is 3.60. The van der Waals surface area contributed by atoms with Crippen LogP contribution in [-0.4, -0.2) is 35.2 Å². The van der Waals surface area contributed by atoms with Gasteiger partial charge in [0, 0.05) is 6.04 Å². The average Bonchev–Trinajstić information content (AvgIpc) is 2.49. The van der Waals surface area contributed by atoms with Crippen LogP contribution >= 0.6 is 0 Å². The van der Waals surface area contributed by atoms with Crippen molar-refractivity contribution in [2.75, 3.05) is 0 Å². The van der Waals surface area contributed by atoms with Crippen molar-refractivity contribution in [2.24, 2.45) is 0 Å². The third kappa shape index (κ3) is 3.87. The molecular weight excluding hydrogens is 198 g/mol. The number of ether oxygens (including phenoxy) is 1. The third-order valence-corrected chi connectivity index (χ3v) is 2.39. The van der Waals surface area contributed by atoms with Crippen LogP contribution in [0.15, 0.2) is 0 Å². The first-order chi connectivity index (χ1) is 6.99. The van der Waals surface area contributed by atoms with Crippen molar-refractivity contribution < 1.29 is 19.4 Å². The molecule has 0 spiro atoms. The summed E-state index contributed by atoms with van der Waals surface area (Å²) in [6.07, 6.45) is 1.25. The Balaban J connectivity index is 2.32. The molecule has 1 amide bonds. The van der Waals surface area contributed by atoms with Gasteiger partial charge in [-0.05, 0) is 26.7 Å². The number of carboxylic acid groups (broad SMARTS) is 1. The molecule has 0 radical (unpaired) electrons. The SMILES string of the molecule is CC(CC(=O)O)NC(=O)C1CCC(C)O1. The van der Waals surface area contributed by atoms with Crippen molar-refractivity contribution in [1.29, 1.82) is 0 Å². The van der Waals surface area contributed by atoms with E-state index in [9.17, 15) is 9.59 Å². The van der Waals surface area contributed by atoms with Gasteiger partial charge in [-0.15, -0.1) is 0 Å². The highest BCUT2D eigenvalue weighted by molar-refractivity contribution is 5.81. The van der Waals surface area contributed by atoms with Crippen molar-refractivity contribution in [3.05, 3.63) is 0 Å². The summed E-state index contributed by atoms with van der Waals surface area (Å²) in [5.41, 5.74) is 0. The minimum Gasteiger partial charge on any atom is -0.481 e. The second kappa shape index (κ2) is 5.11. The quantitative estimate of drug-likeness (QED) is 0.717. The summed E-state index contributed by atoms with van der Waals surface area (Å²) in [4.78, 5) is 21.9. The van der Waals surface area contributed by atoms with Crippen LogP contribution in [0.25, 0.3) is 0 Å². The van der Waals surface area contributed by atoms with E-state index in [0.717, 1.165) is 6.42 Å². The highest BCUT2D eigenvalue weighted by atomic mass is 16.5. The molecule has 15 heavy (non-hydrogen) atoms. The van der Waals surface area contributed by atoms with Gasteiger partial charge in [0.15, 0.2) is 0 Å². The molecule has 0 saturated carbocycles. The fourth-order valence-corrected chi connectivity index (χ4v) is 1.64. The van der Waals surface area contributed by atoms with Gasteiger partial charge in [-0.1, -0.05) is 0 Å². The fourth-order valence-electron chi connectivity index (χ4n) is 1.64. The molecule has 3 atom stereocenters. The minimum atomic E-state index is -0.913. The monoisotopic (exact) mass is 215 g/mol. The molecule has 0 aromatic rings. The molecular formula is C10H17NO4. The molecule has 1 aliphatic heterocycles. The predicted molar refractivity (Wildman–Crippen MR) is 53.4 cm³/mol. The first kappa shape index (κ1) is 12.0. The number of aliphatic carboxylic acids is 1. The van der Waals surface area contributed by atoms with Crippen molar-refractivity contribution in [2.45, 2.75) is 51.4 Å². The summed E-state index contributed by atoms with van der Waals surface area (Å²) in [7, 11) is 0. The molecule has 86 valence electrons. The topological polar surface area (TPSA) is 75.6 Å². The van der Waals surface area contributed by atoms with Gasteiger partial charge >= 0.3 is 5.97 Å². The smallest absolute Gasteiger partial charge is 0.305 e. The van der Waals surface area contributed by atoms with Crippen LogP contribution in [0.4, 0.5) is 0 Å². The highest BCUT2D eigenvalue weighted by Gasteiger charge is 2.28. The van der Waals surface area contributed by atoms with Crippen molar-refractivity contribution in [3.8, 4) is 0 Å². The molecule has 1 saturated heterocycles. The second-order valence-corrected chi connectivity index (χ2v) is 4.02. The van der Waals surface area contributed by atoms with Crippen molar-refractivity contribution >= 4 is 11.9 Å². The number of nitrogens with one attached hydrogen (secondary N) is 1. The molecule has 0 aliphatic carbocycles. The predicted octanol–water partition coefficient (Wildman–Crippen LogP) is 0.533. The normalized spacial score (nSPS) is 27.3. The average molecular weight is 215 g/mol. The van der Waals surface area contributed by atoms with E-state index in [-0.39, 0.29) is 24.5 Å². The number of amides is 1. The van der Waals surface area contributed by atoms with Crippen molar-refractivity contribution in [3.63, 3.8) is 0 Å². The van der Waals surface area contributed by atoms with E-state index < -0.39 is 12.1 Å². The standard InChI is InChI=1S/C10H17NO4/c1-6(5-9(12)13)11-10(14)8-4-3-7(2)15-8/h6-8H,3-5H2,1-2H3,(H,11,14)(H,12,13). The Morgan fingerprint density at radius 1 is 1.53 bits per heavy atom. The van der Waals surface area contributed by atoms with E-state index in [4.69, 9.17) is 9.84 Å².